The molecule has 2 nitrogen and oxygen atoms in total. The number of carbonyl (C=O) groups is 1. The molecule has 3 aromatic rings. The van der Waals surface area contributed by atoms with E-state index in [1.807, 2.05) is 6.07 Å². The Hall–Kier alpha value is -1.77. The molecular weight excluding hydrogens is 329 g/mol. The van der Waals surface area contributed by atoms with E-state index < -0.39 is 0 Å². The van der Waals surface area contributed by atoms with Gasteiger partial charge in [0.15, 0.2) is 6.29 Å². The number of aromatic amines is 1. The topological polar surface area (TPSA) is 32.9 Å². The number of hydrogen-bond acceptors (Lipinski definition) is 1. The average molecular weight is 346 g/mol. The highest BCUT2D eigenvalue weighted by Gasteiger charge is 2.15. The van der Waals surface area contributed by atoms with Crippen LogP contribution in [0, 0.1) is 0 Å². The molecule has 0 radical (unpaired) electrons. The maximum Gasteiger partial charge on any atom is 0.152 e. The summed E-state index contributed by atoms with van der Waals surface area (Å²) >= 11 is 12.4. The summed E-state index contributed by atoms with van der Waals surface area (Å²) in [4.78, 5) is 15.0. The first-order valence-electron chi connectivity index (χ1n) is 7.69. The van der Waals surface area contributed by atoms with Crippen molar-refractivity contribution in [1.82, 2.24) is 4.98 Å². The molecule has 4 heteroatoms. The average Bonchev–Trinajstić information content (AvgIpc) is 2.92. The Labute approximate surface area is 145 Å². The maximum absolute atomic E-state index is 11.7. The predicted molar refractivity (Wildman–Crippen MR) is 97.8 cm³/mol. The summed E-state index contributed by atoms with van der Waals surface area (Å²) < 4.78 is 0. The highest BCUT2D eigenvalue weighted by Crippen LogP contribution is 2.35. The van der Waals surface area contributed by atoms with Gasteiger partial charge in [0.25, 0.3) is 0 Å². The number of aldehydes is 1. The Kier molecular flexibility index (Phi) is 4.74. The Balaban J connectivity index is 2.18. The normalized spacial score (nSPS) is 11.1. The molecule has 0 saturated heterocycles. The second-order valence-electron chi connectivity index (χ2n) is 5.64. The van der Waals surface area contributed by atoms with E-state index in [2.05, 4.69) is 24.0 Å². The van der Waals surface area contributed by atoms with Crippen molar-refractivity contribution in [1.29, 1.82) is 0 Å². The first-order chi connectivity index (χ1) is 11.1. The molecule has 0 spiro atoms. The predicted octanol–water partition coefficient (Wildman–Crippen LogP) is 6.30. The Morgan fingerprint density at radius 2 is 1.96 bits per heavy atom. The lowest BCUT2D eigenvalue weighted by molar-refractivity contribution is 0.112. The lowest BCUT2D eigenvalue weighted by atomic mass is 10.0. The number of fused-ring (bicyclic) bond motifs is 1. The van der Waals surface area contributed by atoms with Crippen LogP contribution in [0.25, 0.3) is 22.2 Å². The zero-order valence-corrected chi connectivity index (χ0v) is 14.3. The van der Waals surface area contributed by atoms with E-state index in [-0.39, 0.29) is 0 Å². The third-order valence-electron chi connectivity index (χ3n) is 4.04. The second kappa shape index (κ2) is 6.77. The summed E-state index contributed by atoms with van der Waals surface area (Å²) in [7, 11) is 0. The van der Waals surface area contributed by atoms with Crippen molar-refractivity contribution in [2.45, 2.75) is 26.2 Å². The Bertz CT molecular complexity index is 867. The highest BCUT2D eigenvalue weighted by molar-refractivity contribution is 6.35. The van der Waals surface area contributed by atoms with Crippen LogP contribution in [0.15, 0.2) is 36.4 Å². The monoisotopic (exact) mass is 345 g/mol. The van der Waals surface area contributed by atoms with Gasteiger partial charge in [-0.15, -0.1) is 0 Å². The highest BCUT2D eigenvalue weighted by atomic mass is 35.5. The fraction of sp³-hybridized carbons (Fsp3) is 0.211. The third kappa shape index (κ3) is 3.15. The largest absolute Gasteiger partial charge is 0.354 e. The van der Waals surface area contributed by atoms with E-state index in [0.717, 1.165) is 47.7 Å². The zero-order chi connectivity index (χ0) is 16.4. The van der Waals surface area contributed by atoms with Crippen molar-refractivity contribution in [3.8, 4) is 11.3 Å². The summed E-state index contributed by atoms with van der Waals surface area (Å²) in [5, 5.41) is 2.08. The van der Waals surface area contributed by atoms with E-state index >= 15 is 0 Å². The molecule has 1 heterocycles. The SMILES string of the molecule is CCCCc1ccc2[nH]c(-c3cc(Cl)ccc3Cl)c(C=O)c2c1. The lowest BCUT2D eigenvalue weighted by Crippen LogP contribution is -1.87. The van der Waals surface area contributed by atoms with Crippen LogP contribution in [0.5, 0.6) is 0 Å². The van der Waals surface area contributed by atoms with Crippen molar-refractivity contribution in [3.05, 3.63) is 57.6 Å². The van der Waals surface area contributed by atoms with E-state index in [9.17, 15) is 4.79 Å². The van der Waals surface area contributed by atoms with Gasteiger partial charge in [0.2, 0.25) is 0 Å². The molecule has 23 heavy (non-hydrogen) atoms. The van der Waals surface area contributed by atoms with Gasteiger partial charge in [0.1, 0.15) is 0 Å². The van der Waals surface area contributed by atoms with Crippen LogP contribution in [-0.4, -0.2) is 11.3 Å². The molecule has 0 fully saturated rings. The minimum absolute atomic E-state index is 0.565. The molecule has 0 aliphatic heterocycles. The standard InChI is InChI=1S/C19H17Cl2NO/c1-2-3-4-12-5-8-18-14(9-12)16(11-23)19(22-18)15-10-13(20)6-7-17(15)21/h5-11,22H,2-4H2,1H3. The summed E-state index contributed by atoms with van der Waals surface area (Å²) in [6.45, 7) is 2.17. The van der Waals surface area contributed by atoms with Crippen LogP contribution >= 0.6 is 23.2 Å². The number of halogens is 2. The van der Waals surface area contributed by atoms with Crippen molar-refractivity contribution < 1.29 is 4.79 Å². The molecule has 118 valence electrons. The Morgan fingerprint density at radius 3 is 2.70 bits per heavy atom. The van der Waals surface area contributed by atoms with Crippen molar-refractivity contribution in [3.63, 3.8) is 0 Å². The molecule has 0 aliphatic rings. The van der Waals surface area contributed by atoms with Gasteiger partial charge in [-0.05, 0) is 48.7 Å². The molecule has 1 N–H and O–H groups in total. The number of benzene rings is 2. The molecule has 2 aromatic carbocycles. The maximum atomic E-state index is 11.7. The van der Waals surface area contributed by atoms with Crippen LogP contribution in [0.4, 0.5) is 0 Å². The van der Waals surface area contributed by atoms with E-state index in [1.54, 1.807) is 18.2 Å². The third-order valence-corrected chi connectivity index (χ3v) is 4.60. The minimum Gasteiger partial charge on any atom is -0.354 e. The van der Waals surface area contributed by atoms with Crippen LogP contribution in [0.1, 0.15) is 35.7 Å². The number of aryl methyl sites for hydroxylation is 1. The summed E-state index contributed by atoms with van der Waals surface area (Å²) in [6, 6.07) is 11.5. The summed E-state index contributed by atoms with van der Waals surface area (Å²) in [5.41, 5.74) is 4.26. The second-order valence-corrected chi connectivity index (χ2v) is 6.48. The van der Waals surface area contributed by atoms with Gasteiger partial charge in [-0.25, -0.2) is 0 Å². The number of hydrogen-bond donors (Lipinski definition) is 1. The van der Waals surface area contributed by atoms with Gasteiger partial charge in [-0.2, -0.15) is 0 Å². The van der Waals surface area contributed by atoms with E-state index in [4.69, 9.17) is 23.2 Å². The number of H-pyrrole nitrogens is 1. The molecule has 0 unspecified atom stereocenters. The zero-order valence-electron chi connectivity index (χ0n) is 12.8. The molecule has 0 bridgehead atoms. The number of aromatic nitrogens is 1. The molecule has 3 rings (SSSR count). The summed E-state index contributed by atoms with van der Waals surface area (Å²) in [6.07, 6.45) is 4.19. The fourth-order valence-corrected chi connectivity index (χ4v) is 3.20. The van der Waals surface area contributed by atoms with Gasteiger partial charge < -0.3 is 4.98 Å². The smallest absolute Gasteiger partial charge is 0.152 e. The number of rotatable bonds is 5. The van der Waals surface area contributed by atoms with Crippen LogP contribution in [-0.2, 0) is 6.42 Å². The van der Waals surface area contributed by atoms with Crippen molar-refractivity contribution in [2.75, 3.05) is 0 Å². The number of carbonyl (C=O) groups excluding carboxylic acids is 1. The minimum atomic E-state index is 0.565. The molecule has 1 aromatic heterocycles. The fourth-order valence-electron chi connectivity index (χ4n) is 2.82. The number of unbranched alkanes of at least 4 members (excludes halogenated alkanes) is 1. The lowest BCUT2D eigenvalue weighted by Gasteiger charge is -2.04. The molecule has 0 aliphatic carbocycles. The molecular formula is C19H17Cl2NO. The molecule has 0 saturated carbocycles. The van der Waals surface area contributed by atoms with Crippen molar-refractivity contribution in [2.24, 2.45) is 0 Å². The van der Waals surface area contributed by atoms with Crippen LogP contribution in [0.3, 0.4) is 0 Å². The van der Waals surface area contributed by atoms with Gasteiger partial charge in [0, 0.05) is 27.1 Å². The Morgan fingerprint density at radius 1 is 1.13 bits per heavy atom. The van der Waals surface area contributed by atoms with Crippen LogP contribution in [0.2, 0.25) is 10.0 Å². The van der Waals surface area contributed by atoms with E-state index in [0.29, 0.717) is 15.6 Å². The van der Waals surface area contributed by atoms with Gasteiger partial charge >= 0.3 is 0 Å². The quantitative estimate of drug-likeness (QED) is 0.541. The molecule has 0 atom stereocenters. The van der Waals surface area contributed by atoms with Crippen molar-refractivity contribution >= 4 is 40.4 Å². The van der Waals surface area contributed by atoms with E-state index in [1.165, 1.54) is 5.56 Å². The van der Waals surface area contributed by atoms with Gasteiger partial charge in [-0.1, -0.05) is 42.6 Å². The number of nitrogens with one attached hydrogen (secondary N) is 1. The van der Waals surface area contributed by atoms with Gasteiger partial charge in [-0.3, -0.25) is 4.79 Å². The molecule has 0 amide bonds. The first-order valence-corrected chi connectivity index (χ1v) is 8.44. The summed E-state index contributed by atoms with van der Waals surface area (Å²) in [5.74, 6) is 0. The first kappa shape index (κ1) is 16.1. The van der Waals surface area contributed by atoms with Crippen LogP contribution < -0.4 is 0 Å². The van der Waals surface area contributed by atoms with Gasteiger partial charge in [0.05, 0.1) is 10.7 Å².